The number of amidine groups is 1. The fraction of sp³-hybridized carbons (Fsp3) is 0.917. The summed E-state index contributed by atoms with van der Waals surface area (Å²) in [5, 5.41) is 3.44. The molecular formula is C12H23N3. The molecule has 1 aliphatic heterocycles. The molecule has 0 saturated heterocycles. The van der Waals surface area contributed by atoms with Crippen LogP contribution in [-0.2, 0) is 0 Å². The number of nitrogens with zero attached hydrogens (tertiary/aromatic N) is 2. The average molecular weight is 209 g/mol. The third kappa shape index (κ3) is 3.20. The molecule has 0 atom stereocenters. The zero-order valence-electron chi connectivity index (χ0n) is 9.84. The Hall–Kier alpha value is -0.570. The molecule has 1 N–H and O–H groups in total. The fourth-order valence-corrected chi connectivity index (χ4v) is 2.59. The van der Waals surface area contributed by atoms with Crippen LogP contribution in [0.25, 0.3) is 0 Å². The van der Waals surface area contributed by atoms with Gasteiger partial charge >= 0.3 is 0 Å². The molecule has 2 rings (SSSR count). The lowest BCUT2D eigenvalue weighted by Crippen LogP contribution is -2.37. The lowest BCUT2D eigenvalue weighted by atomic mass is 10.2. The van der Waals surface area contributed by atoms with E-state index in [1.807, 2.05) is 0 Å². The number of likely N-dealkylation sites (N-methyl/N-ethyl adjacent to an activating group) is 1. The maximum absolute atomic E-state index is 4.42. The van der Waals surface area contributed by atoms with Crippen molar-refractivity contribution in [3.8, 4) is 0 Å². The molecule has 0 unspecified atom stereocenters. The molecule has 0 aromatic rings. The Labute approximate surface area is 92.9 Å². The third-order valence-electron chi connectivity index (χ3n) is 3.62. The van der Waals surface area contributed by atoms with Gasteiger partial charge in [0, 0.05) is 32.1 Å². The van der Waals surface area contributed by atoms with Crippen molar-refractivity contribution in [1.29, 1.82) is 0 Å². The highest BCUT2D eigenvalue weighted by Gasteiger charge is 2.18. The first kappa shape index (κ1) is 10.9. The minimum absolute atomic E-state index is 0.845. The number of nitrogens with one attached hydrogen (secondary N) is 1. The molecule has 0 aromatic heterocycles. The topological polar surface area (TPSA) is 27.6 Å². The van der Waals surface area contributed by atoms with Gasteiger partial charge in [0.05, 0.1) is 5.84 Å². The van der Waals surface area contributed by atoms with Crippen LogP contribution in [0.15, 0.2) is 4.99 Å². The summed E-state index contributed by atoms with van der Waals surface area (Å²) in [5.41, 5.74) is 0. The summed E-state index contributed by atoms with van der Waals surface area (Å²) in [6.45, 7) is 3.25. The van der Waals surface area contributed by atoms with E-state index >= 15 is 0 Å². The monoisotopic (exact) mass is 209 g/mol. The van der Waals surface area contributed by atoms with Crippen LogP contribution in [0.3, 0.4) is 0 Å². The van der Waals surface area contributed by atoms with Crippen molar-refractivity contribution < 1.29 is 0 Å². The zero-order valence-corrected chi connectivity index (χ0v) is 9.84. The molecule has 0 radical (unpaired) electrons. The van der Waals surface area contributed by atoms with Crippen LogP contribution < -0.4 is 5.32 Å². The van der Waals surface area contributed by atoms with Crippen LogP contribution in [0.4, 0.5) is 0 Å². The van der Waals surface area contributed by atoms with E-state index in [0.29, 0.717) is 0 Å². The quantitative estimate of drug-likeness (QED) is 0.762. The highest BCUT2D eigenvalue weighted by atomic mass is 15.1. The molecule has 0 bridgehead atoms. The van der Waals surface area contributed by atoms with Gasteiger partial charge in [-0.25, -0.2) is 0 Å². The molecule has 3 nitrogen and oxygen atoms in total. The summed E-state index contributed by atoms with van der Waals surface area (Å²) in [5.74, 6) is 1.23. The number of hydrogen-bond acceptors (Lipinski definition) is 3. The third-order valence-corrected chi connectivity index (χ3v) is 3.62. The van der Waals surface area contributed by atoms with E-state index < -0.39 is 0 Å². The second-order valence-corrected chi connectivity index (χ2v) is 4.78. The largest absolute Gasteiger partial charge is 0.373 e. The molecule has 0 amide bonds. The van der Waals surface area contributed by atoms with E-state index in [0.717, 1.165) is 32.1 Å². The first-order chi connectivity index (χ1) is 7.36. The van der Waals surface area contributed by atoms with Gasteiger partial charge in [0.15, 0.2) is 0 Å². The number of hydrogen-bond donors (Lipinski definition) is 1. The van der Waals surface area contributed by atoms with Crippen molar-refractivity contribution in [2.45, 2.75) is 44.6 Å². The lowest BCUT2D eigenvalue weighted by Gasteiger charge is -2.24. The van der Waals surface area contributed by atoms with Gasteiger partial charge in [-0.15, -0.1) is 0 Å². The van der Waals surface area contributed by atoms with Crippen molar-refractivity contribution in [3.05, 3.63) is 0 Å². The Kier molecular flexibility index (Phi) is 4.01. The Morgan fingerprint density at radius 1 is 1.33 bits per heavy atom. The number of rotatable bonds is 4. The maximum Gasteiger partial charge on any atom is 0.0964 e. The molecule has 0 spiro atoms. The molecule has 1 saturated carbocycles. The van der Waals surface area contributed by atoms with Crippen molar-refractivity contribution in [3.63, 3.8) is 0 Å². The second kappa shape index (κ2) is 5.50. The zero-order chi connectivity index (χ0) is 10.5. The Morgan fingerprint density at radius 3 is 2.80 bits per heavy atom. The molecule has 1 aliphatic carbocycles. The smallest absolute Gasteiger partial charge is 0.0964 e. The van der Waals surface area contributed by atoms with Crippen molar-refractivity contribution in [2.24, 2.45) is 4.99 Å². The normalized spacial score (nSPS) is 22.4. The van der Waals surface area contributed by atoms with Crippen LogP contribution in [0.2, 0.25) is 0 Å². The lowest BCUT2D eigenvalue weighted by molar-refractivity contribution is 0.249. The maximum atomic E-state index is 4.42. The van der Waals surface area contributed by atoms with Crippen LogP contribution in [0.5, 0.6) is 0 Å². The van der Waals surface area contributed by atoms with Gasteiger partial charge < -0.3 is 10.2 Å². The van der Waals surface area contributed by atoms with Gasteiger partial charge in [0.25, 0.3) is 0 Å². The molecule has 0 aromatic carbocycles. The van der Waals surface area contributed by atoms with E-state index in [4.69, 9.17) is 0 Å². The Bertz CT molecular complexity index is 219. The summed E-state index contributed by atoms with van der Waals surface area (Å²) in [7, 11) is 2.26. The van der Waals surface area contributed by atoms with E-state index in [1.165, 1.54) is 37.9 Å². The molecule has 2 aliphatic rings. The average Bonchev–Trinajstić information content (AvgIpc) is 2.90. The van der Waals surface area contributed by atoms with Crippen LogP contribution in [-0.4, -0.2) is 43.5 Å². The summed E-state index contributed by atoms with van der Waals surface area (Å²) >= 11 is 0. The minimum Gasteiger partial charge on any atom is -0.373 e. The van der Waals surface area contributed by atoms with Crippen LogP contribution >= 0.6 is 0 Å². The summed E-state index contributed by atoms with van der Waals surface area (Å²) in [6.07, 6.45) is 8.05. The second-order valence-electron chi connectivity index (χ2n) is 4.78. The predicted molar refractivity (Wildman–Crippen MR) is 64.4 cm³/mol. The predicted octanol–water partition coefficient (Wildman–Crippen LogP) is 1.64. The first-order valence-corrected chi connectivity index (χ1v) is 6.34. The van der Waals surface area contributed by atoms with Crippen molar-refractivity contribution >= 4 is 5.84 Å². The summed E-state index contributed by atoms with van der Waals surface area (Å²) < 4.78 is 0. The molecule has 1 heterocycles. The summed E-state index contributed by atoms with van der Waals surface area (Å²) in [6, 6.07) is 0.845. The first-order valence-electron chi connectivity index (χ1n) is 6.34. The summed E-state index contributed by atoms with van der Waals surface area (Å²) in [4.78, 5) is 6.93. The molecule has 86 valence electrons. The fourth-order valence-electron chi connectivity index (χ4n) is 2.59. The van der Waals surface area contributed by atoms with Gasteiger partial charge in [-0.2, -0.15) is 0 Å². The van der Waals surface area contributed by atoms with Gasteiger partial charge in [-0.3, -0.25) is 4.99 Å². The standard InChI is InChI=1S/C12H23N3/c1-15(11-5-2-3-6-11)10-9-14-12-7-4-8-13-12/h11H,2-10H2,1H3,(H,13,14). The van der Waals surface area contributed by atoms with Crippen LogP contribution in [0.1, 0.15) is 38.5 Å². The SMILES string of the molecule is CN(CCNC1=NCCC1)C1CCCC1. The van der Waals surface area contributed by atoms with Gasteiger partial charge in [0.1, 0.15) is 0 Å². The minimum atomic E-state index is 0.845. The number of aliphatic imine (C=N–C) groups is 1. The van der Waals surface area contributed by atoms with E-state index in [9.17, 15) is 0 Å². The highest BCUT2D eigenvalue weighted by Crippen LogP contribution is 2.21. The van der Waals surface area contributed by atoms with Crippen LogP contribution in [0, 0.1) is 0 Å². The molecule has 3 heteroatoms. The van der Waals surface area contributed by atoms with E-state index in [2.05, 4.69) is 22.3 Å². The molecule has 15 heavy (non-hydrogen) atoms. The van der Waals surface area contributed by atoms with E-state index in [-0.39, 0.29) is 0 Å². The highest BCUT2D eigenvalue weighted by molar-refractivity contribution is 5.83. The van der Waals surface area contributed by atoms with Gasteiger partial charge in [-0.05, 0) is 26.3 Å². The molecule has 1 fully saturated rings. The van der Waals surface area contributed by atoms with E-state index in [1.54, 1.807) is 0 Å². The Balaban J connectivity index is 1.60. The van der Waals surface area contributed by atoms with Crippen molar-refractivity contribution in [2.75, 3.05) is 26.7 Å². The molecular weight excluding hydrogens is 186 g/mol. The van der Waals surface area contributed by atoms with Gasteiger partial charge in [0.2, 0.25) is 0 Å². The van der Waals surface area contributed by atoms with Crippen molar-refractivity contribution in [1.82, 2.24) is 10.2 Å². The van der Waals surface area contributed by atoms with Gasteiger partial charge in [-0.1, -0.05) is 12.8 Å². The Morgan fingerprint density at radius 2 is 2.13 bits per heavy atom.